The van der Waals surface area contributed by atoms with Crippen molar-refractivity contribution in [1.29, 1.82) is 0 Å². The highest BCUT2D eigenvalue weighted by Gasteiger charge is 2.26. The van der Waals surface area contributed by atoms with Crippen LogP contribution in [0.3, 0.4) is 0 Å². The molecule has 0 atom stereocenters. The maximum atomic E-state index is 12.7. The third kappa shape index (κ3) is 4.40. The topological polar surface area (TPSA) is 95.7 Å². The van der Waals surface area contributed by atoms with Crippen molar-refractivity contribution in [3.05, 3.63) is 59.7 Å². The van der Waals surface area contributed by atoms with Crippen molar-refractivity contribution in [2.24, 2.45) is 0 Å². The fourth-order valence-corrected chi connectivity index (χ4v) is 3.30. The monoisotopic (exact) mass is 393 g/mol. The normalized spacial score (nSPS) is 14.9. The number of carbonyl (C=O) groups excluding carboxylic acids is 2. The van der Waals surface area contributed by atoms with E-state index in [0.29, 0.717) is 45.0 Å². The van der Waals surface area contributed by atoms with E-state index in [1.165, 1.54) is 0 Å². The van der Waals surface area contributed by atoms with Crippen LogP contribution in [0.1, 0.15) is 21.9 Å². The molecule has 3 aromatic rings. The van der Waals surface area contributed by atoms with Gasteiger partial charge in [0.05, 0.1) is 6.54 Å². The van der Waals surface area contributed by atoms with Gasteiger partial charge in [-0.25, -0.2) is 9.50 Å². The van der Waals surface area contributed by atoms with Gasteiger partial charge < -0.3 is 10.2 Å². The van der Waals surface area contributed by atoms with E-state index in [1.807, 2.05) is 48.2 Å². The quantitative estimate of drug-likeness (QED) is 0.679. The van der Waals surface area contributed by atoms with Crippen LogP contribution in [-0.4, -0.2) is 73.9 Å². The van der Waals surface area contributed by atoms with Crippen molar-refractivity contribution < 1.29 is 9.59 Å². The van der Waals surface area contributed by atoms with E-state index in [4.69, 9.17) is 0 Å². The lowest BCUT2D eigenvalue weighted by atomic mass is 10.2. The van der Waals surface area contributed by atoms with E-state index in [0.717, 1.165) is 11.3 Å². The number of hydrogen-bond donors (Lipinski definition) is 1. The smallest absolute Gasteiger partial charge is 0.293 e. The van der Waals surface area contributed by atoms with Crippen LogP contribution < -0.4 is 5.32 Å². The Hall–Kier alpha value is -3.33. The molecule has 1 aromatic carbocycles. The second kappa shape index (κ2) is 8.36. The Morgan fingerprint density at radius 2 is 1.83 bits per heavy atom. The minimum absolute atomic E-state index is 0.0165. The first-order valence-corrected chi connectivity index (χ1v) is 9.61. The summed E-state index contributed by atoms with van der Waals surface area (Å²) in [7, 11) is 0. The van der Waals surface area contributed by atoms with Gasteiger partial charge in [-0.05, 0) is 18.6 Å². The van der Waals surface area contributed by atoms with E-state index in [9.17, 15) is 9.59 Å². The summed E-state index contributed by atoms with van der Waals surface area (Å²) in [6, 6.07) is 11.6. The van der Waals surface area contributed by atoms with Gasteiger partial charge in [-0.2, -0.15) is 4.98 Å². The third-order valence-electron chi connectivity index (χ3n) is 4.98. The summed E-state index contributed by atoms with van der Waals surface area (Å²) >= 11 is 0. The molecule has 0 saturated carbocycles. The number of carbonyl (C=O) groups is 2. The highest BCUT2D eigenvalue weighted by Crippen LogP contribution is 2.08. The van der Waals surface area contributed by atoms with Crippen molar-refractivity contribution >= 4 is 17.6 Å². The van der Waals surface area contributed by atoms with Crippen LogP contribution in [0.25, 0.3) is 5.78 Å². The molecule has 1 aliphatic heterocycles. The zero-order valence-corrected chi connectivity index (χ0v) is 16.3. The van der Waals surface area contributed by atoms with Crippen LogP contribution in [0, 0.1) is 6.92 Å². The number of fused-ring (bicyclic) bond motifs is 1. The molecular weight excluding hydrogens is 370 g/mol. The van der Waals surface area contributed by atoms with E-state index in [-0.39, 0.29) is 17.6 Å². The Balaban J connectivity index is 1.28. The van der Waals surface area contributed by atoms with E-state index >= 15 is 0 Å². The fraction of sp³-hybridized carbons (Fsp3) is 0.350. The van der Waals surface area contributed by atoms with Crippen molar-refractivity contribution in [3.8, 4) is 0 Å². The second-order valence-corrected chi connectivity index (χ2v) is 7.06. The molecule has 1 N–H and O–H groups in total. The van der Waals surface area contributed by atoms with Gasteiger partial charge in [-0.3, -0.25) is 14.5 Å². The van der Waals surface area contributed by atoms with Crippen LogP contribution in [0.2, 0.25) is 0 Å². The summed E-state index contributed by atoms with van der Waals surface area (Å²) in [5, 5.41) is 7.22. The van der Waals surface area contributed by atoms with Crippen LogP contribution >= 0.6 is 0 Å². The van der Waals surface area contributed by atoms with Crippen LogP contribution in [-0.2, 0) is 11.3 Å². The number of benzene rings is 1. The van der Waals surface area contributed by atoms with E-state index in [1.54, 1.807) is 15.6 Å². The molecule has 0 spiro atoms. The Kier molecular flexibility index (Phi) is 5.48. The van der Waals surface area contributed by atoms with Gasteiger partial charge in [0.2, 0.25) is 11.7 Å². The highest BCUT2D eigenvalue weighted by molar-refractivity contribution is 5.91. The summed E-state index contributed by atoms with van der Waals surface area (Å²) < 4.78 is 1.57. The zero-order chi connectivity index (χ0) is 20.2. The Labute approximate surface area is 168 Å². The standard InChI is InChI=1S/C20H23N7O2/c1-15-7-8-21-20-23-18(24-27(15)20)19(29)26-11-9-25(10-12-26)14-17(28)22-13-16-5-3-2-4-6-16/h2-8H,9-14H2,1H3,(H,22,28). The Morgan fingerprint density at radius 1 is 1.07 bits per heavy atom. The highest BCUT2D eigenvalue weighted by atomic mass is 16.2. The summed E-state index contributed by atoms with van der Waals surface area (Å²) in [6.45, 7) is 5.07. The molecule has 0 bridgehead atoms. The predicted molar refractivity (Wildman–Crippen MR) is 106 cm³/mol. The Bertz CT molecular complexity index is 1010. The third-order valence-corrected chi connectivity index (χ3v) is 4.98. The lowest BCUT2D eigenvalue weighted by Gasteiger charge is -2.33. The molecule has 2 amide bonds. The molecule has 1 aliphatic rings. The predicted octanol–water partition coefficient (Wildman–Crippen LogP) is 0.507. The van der Waals surface area contributed by atoms with Gasteiger partial charge in [0.1, 0.15) is 0 Å². The molecule has 150 valence electrons. The first-order valence-electron chi connectivity index (χ1n) is 9.61. The molecule has 9 nitrogen and oxygen atoms in total. The average molecular weight is 393 g/mol. The van der Waals surface area contributed by atoms with Gasteiger partial charge in [0.25, 0.3) is 11.7 Å². The van der Waals surface area contributed by atoms with E-state index < -0.39 is 0 Å². The molecule has 0 unspecified atom stereocenters. The Morgan fingerprint density at radius 3 is 2.55 bits per heavy atom. The van der Waals surface area contributed by atoms with Crippen LogP contribution in [0.15, 0.2) is 42.6 Å². The van der Waals surface area contributed by atoms with Gasteiger partial charge in [-0.1, -0.05) is 30.3 Å². The number of amides is 2. The molecule has 1 saturated heterocycles. The van der Waals surface area contributed by atoms with Crippen molar-refractivity contribution in [2.75, 3.05) is 32.7 Å². The molecule has 9 heteroatoms. The number of nitrogens with zero attached hydrogens (tertiary/aromatic N) is 6. The summed E-state index contributed by atoms with van der Waals surface area (Å²) in [4.78, 5) is 37.1. The average Bonchev–Trinajstić information content (AvgIpc) is 3.19. The molecule has 0 radical (unpaired) electrons. The van der Waals surface area contributed by atoms with Crippen LogP contribution in [0.4, 0.5) is 0 Å². The fourth-order valence-electron chi connectivity index (χ4n) is 3.30. The lowest BCUT2D eigenvalue weighted by Crippen LogP contribution is -2.51. The first-order chi connectivity index (χ1) is 14.1. The second-order valence-electron chi connectivity index (χ2n) is 7.06. The molecule has 3 heterocycles. The molecular formula is C20H23N7O2. The molecule has 4 rings (SSSR count). The minimum atomic E-state index is -0.205. The number of aryl methyl sites for hydroxylation is 1. The molecule has 29 heavy (non-hydrogen) atoms. The largest absolute Gasteiger partial charge is 0.351 e. The molecule has 0 aliphatic carbocycles. The number of piperazine rings is 1. The van der Waals surface area contributed by atoms with Gasteiger partial charge in [-0.15, -0.1) is 5.10 Å². The number of aromatic nitrogens is 4. The summed E-state index contributed by atoms with van der Waals surface area (Å²) in [6.07, 6.45) is 1.65. The number of hydrogen-bond acceptors (Lipinski definition) is 6. The van der Waals surface area contributed by atoms with E-state index in [2.05, 4.69) is 20.4 Å². The first kappa shape index (κ1) is 19.0. The summed E-state index contributed by atoms with van der Waals surface area (Å²) in [5.74, 6) is 0.350. The molecule has 1 fully saturated rings. The van der Waals surface area contributed by atoms with Crippen molar-refractivity contribution in [1.82, 2.24) is 34.7 Å². The number of rotatable bonds is 5. The van der Waals surface area contributed by atoms with Crippen molar-refractivity contribution in [3.63, 3.8) is 0 Å². The zero-order valence-electron chi connectivity index (χ0n) is 16.3. The van der Waals surface area contributed by atoms with Gasteiger partial charge in [0.15, 0.2) is 0 Å². The van der Waals surface area contributed by atoms with Crippen LogP contribution in [0.5, 0.6) is 0 Å². The minimum Gasteiger partial charge on any atom is -0.351 e. The van der Waals surface area contributed by atoms with Crippen molar-refractivity contribution in [2.45, 2.75) is 13.5 Å². The SMILES string of the molecule is Cc1ccnc2nc(C(=O)N3CCN(CC(=O)NCc4ccccc4)CC3)nn12. The lowest BCUT2D eigenvalue weighted by molar-refractivity contribution is -0.122. The van der Waals surface area contributed by atoms with Gasteiger partial charge in [0, 0.05) is 44.6 Å². The molecule has 2 aromatic heterocycles. The maximum Gasteiger partial charge on any atom is 0.293 e. The number of nitrogens with one attached hydrogen (secondary N) is 1. The van der Waals surface area contributed by atoms with Gasteiger partial charge >= 0.3 is 0 Å². The maximum absolute atomic E-state index is 12.7. The summed E-state index contributed by atoms with van der Waals surface area (Å²) in [5.41, 5.74) is 1.94.